The number of nitrogens with zero attached hydrogens (tertiary/aromatic N) is 2. The minimum atomic E-state index is -1.79. The first-order chi connectivity index (χ1) is 17.3. The summed E-state index contributed by atoms with van der Waals surface area (Å²) in [6.45, 7) is 5.69. The van der Waals surface area contributed by atoms with E-state index < -0.39 is 42.8 Å². The summed E-state index contributed by atoms with van der Waals surface area (Å²) in [6.07, 6.45) is -3.50. The lowest BCUT2D eigenvalue weighted by Gasteiger charge is -2.52. The number of carbonyl (C=O) groups is 1. The number of ether oxygens (including phenoxy) is 3. The molecule has 2 bridgehead atoms. The molecule has 4 N–H and O–H groups in total. The SMILES string of the molecule is C=CC1CN2CCC1CC2C(OC1OC(C(=O)O)C(O)C(O)C1O)c1ccnc2ccc(OC)cc12. The maximum Gasteiger partial charge on any atom is 0.335 e. The molecule has 0 saturated carbocycles. The van der Waals surface area contributed by atoms with Crippen molar-refractivity contribution in [3.05, 3.63) is 48.7 Å². The number of pyridine rings is 1. The molecule has 194 valence electrons. The fourth-order valence-electron chi connectivity index (χ4n) is 5.89. The van der Waals surface area contributed by atoms with E-state index in [1.54, 1.807) is 13.3 Å². The van der Waals surface area contributed by atoms with Gasteiger partial charge in [0.25, 0.3) is 0 Å². The van der Waals surface area contributed by atoms with Gasteiger partial charge in [0, 0.05) is 24.2 Å². The van der Waals surface area contributed by atoms with Crippen molar-refractivity contribution < 1.29 is 39.4 Å². The van der Waals surface area contributed by atoms with Crippen LogP contribution in [-0.4, -0.2) is 93.2 Å². The molecule has 0 radical (unpaired) electrons. The molecule has 10 heteroatoms. The van der Waals surface area contributed by atoms with Crippen molar-refractivity contribution in [2.75, 3.05) is 20.2 Å². The predicted octanol–water partition coefficient (Wildman–Crippen LogP) is 1.09. The van der Waals surface area contributed by atoms with E-state index in [0.29, 0.717) is 17.6 Å². The number of carboxylic acids is 1. The maximum absolute atomic E-state index is 11.7. The average Bonchev–Trinajstić information content (AvgIpc) is 2.90. The highest BCUT2D eigenvalue weighted by Gasteiger charge is 2.50. The van der Waals surface area contributed by atoms with Gasteiger partial charge in [0.1, 0.15) is 30.2 Å². The van der Waals surface area contributed by atoms with Crippen molar-refractivity contribution in [2.45, 2.75) is 55.7 Å². The number of hydrogen-bond donors (Lipinski definition) is 4. The molecule has 10 nitrogen and oxygen atoms in total. The van der Waals surface area contributed by atoms with Crippen LogP contribution in [0.15, 0.2) is 43.1 Å². The van der Waals surface area contributed by atoms with Crippen LogP contribution >= 0.6 is 0 Å². The van der Waals surface area contributed by atoms with Gasteiger partial charge in [-0.05, 0) is 61.1 Å². The van der Waals surface area contributed by atoms with Crippen LogP contribution < -0.4 is 4.74 Å². The van der Waals surface area contributed by atoms with Crippen LogP contribution in [0.4, 0.5) is 0 Å². The highest BCUT2D eigenvalue weighted by Crippen LogP contribution is 2.44. The number of benzene rings is 1. The Balaban J connectivity index is 1.55. The second-order valence-corrected chi connectivity index (χ2v) is 9.82. The molecule has 4 aliphatic rings. The van der Waals surface area contributed by atoms with Gasteiger partial charge in [-0.3, -0.25) is 9.88 Å². The first-order valence-electron chi connectivity index (χ1n) is 12.2. The molecule has 4 aliphatic heterocycles. The van der Waals surface area contributed by atoms with E-state index in [1.165, 1.54) is 0 Å². The minimum Gasteiger partial charge on any atom is -0.497 e. The van der Waals surface area contributed by atoms with E-state index in [0.717, 1.165) is 42.4 Å². The van der Waals surface area contributed by atoms with E-state index in [9.17, 15) is 25.2 Å². The lowest BCUT2D eigenvalue weighted by molar-refractivity contribution is -0.311. The summed E-state index contributed by atoms with van der Waals surface area (Å²) >= 11 is 0. The highest BCUT2D eigenvalue weighted by atomic mass is 16.7. The van der Waals surface area contributed by atoms with Crippen molar-refractivity contribution in [3.63, 3.8) is 0 Å². The van der Waals surface area contributed by atoms with E-state index in [1.807, 2.05) is 30.3 Å². The summed E-state index contributed by atoms with van der Waals surface area (Å²) in [5, 5.41) is 41.5. The molecule has 0 amide bonds. The second kappa shape index (κ2) is 10.0. The molecule has 36 heavy (non-hydrogen) atoms. The van der Waals surface area contributed by atoms with Crippen LogP contribution in [-0.2, 0) is 14.3 Å². The van der Waals surface area contributed by atoms with E-state index >= 15 is 0 Å². The van der Waals surface area contributed by atoms with Gasteiger partial charge in [0.15, 0.2) is 12.4 Å². The molecule has 4 saturated heterocycles. The Morgan fingerprint density at radius 1 is 1.25 bits per heavy atom. The number of piperidine rings is 3. The molecular formula is C26H32N2O8. The van der Waals surface area contributed by atoms with E-state index in [2.05, 4.69) is 16.5 Å². The Morgan fingerprint density at radius 3 is 2.72 bits per heavy atom. The third-order valence-electron chi connectivity index (χ3n) is 7.89. The molecule has 1 aromatic carbocycles. The van der Waals surface area contributed by atoms with Gasteiger partial charge in [-0.25, -0.2) is 4.79 Å². The largest absolute Gasteiger partial charge is 0.497 e. The lowest BCUT2D eigenvalue weighted by Crippen LogP contribution is -2.61. The maximum atomic E-state index is 11.7. The number of aliphatic hydroxyl groups excluding tert-OH is 3. The topological polar surface area (TPSA) is 142 Å². The Hall–Kier alpha value is -2.60. The Morgan fingerprint density at radius 2 is 2.06 bits per heavy atom. The second-order valence-electron chi connectivity index (χ2n) is 9.82. The van der Waals surface area contributed by atoms with Crippen LogP contribution in [0.25, 0.3) is 10.9 Å². The number of methoxy groups -OCH3 is 1. The van der Waals surface area contributed by atoms with Gasteiger partial charge < -0.3 is 34.6 Å². The van der Waals surface area contributed by atoms with Gasteiger partial charge in [-0.15, -0.1) is 6.58 Å². The number of fused-ring (bicyclic) bond motifs is 4. The molecule has 10 atom stereocenters. The van der Waals surface area contributed by atoms with Crippen molar-refractivity contribution in [1.29, 1.82) is 0 Å². The van der Waals surface area contributed by atoms with Crippen molar-refractivity contribution in [1.82, 2.24) is 9.88 Å². The van der Waals surface area contributed by atoms with Crippen LogP contribution in [0.1, 0.15) is 24.5 Å². The average molecular weight is 501 g/mol. The van der Waals surface area contributed by atoms with Gasteiger partial charge in [0.05, 0.1) is 12.6 Å². The Labute approximate surface area is 208 Å². The monoisotopic (exact) mass is 500 g/mol. The number of rotatable bonds is 7. The summed E-state index contributed by atoms with van der Waals surface area (Å²) in [6, 6.07) is 7.28. The van der Waals surface area contributed by atoms with Crippen molar-refractivity contribution >= 4 is 16.9 Å². The number of aromatic nitrogens is 1. The van der Waals surface area contributed by atoms with Crippen LogP contribution in [0.2, 0.25) is 0 Å². The quantitative estimate of drug-likeness (QED) is 0.408. The summed E-state index contributed by atoms with van der Waals surface area (Å²) in [5.74, 6) is -0.0180. The normalized spacial score (nSPS) is 36.9. The Bertz CT molecular complexity index is 1130. The number of aliphatic carboxylic acids is 1. The van der Waals surface area contributed by atoms with Gasteiger partial charge >= 0.3 is 5.97 Å². The summed E-state index contributed by atoms with van der Waals surface area (Å²) in [4.78, 5) is 18.5. The van der Waals surface area contributed by atoms with Crippen LogP contribution in [0.3, 0.4) is 0 Å². The van der Waals surface area contributed by atoms with Crippen LogP contribution in [0, 0.1) is 11.8 Å². The summed E-state index contributed by atoms with van der Waals surface area (Å²) < 4.78 is 17.3. The fraction of sp³-hybridized carbons (Fsp3) is 0.538. The lowest BCUT2D eigenvalue weighted by atomic mass is 9.73. The number of carboxylic acid groups (broad SMARTS) is 1. The molecule has 4 fully saturated rings. The van der Waals surface area contributed by atoms with Gasteiger partial charge in [-0.1, -0.05) is 6.08 Å². The summed E-state index contributed by atoms with van der Waals surface area (Å²) in [5.41, 5.74) is 1.51. The minimum absolute atomic E-state index is 0.0974. The van der Waals surface area contributed by atoms with E-state index in [4.69, 9.17) is 14.2 Å². The third kappa shape index (κ3) is 4.38. The van der Waals surface area contributed by atoms with E-state index in [-0.39, 0.29) is 6.04 Å². The zero-order valence-corrected chi connectivity index (χ0v) is 20.0. The molecule has 0 spiro atoms. The first-order valence-corrected chi connectivity index (χ1v) is 12.2. The summed E-state index contributed by atoms with van der Waals surface area (Å²) in [7, 11) is 1.58. The molecule has 2 aromatic rings. The molecule has 5 heterocycles. The fourth-order valence-corrected chi connectivity index (χ4v) is 5.89. The van der Waals surface area contributed by atoms with Gasteiger partial charge in [0.2, 0.25) is 0 Å². The van der Waals surface area contributed by atoms with Crippen LogP contribution in [0.5, 0.6) is 5.75 Å². The predicted molar refractivity (Wildman–Crippen MR) is 128 cm³/mol. The molecule has 10 unspecified atom stereocenters. The molecular weight excluding hydrogens is 468 g/mol. The Kier molecular flexibility index (Phi) is 6.99. The zero-order valence-electron chi connectivity index (χ0n) is 20.0. The third-order valence-corrected chi connectivity index (χ3v) is 7.89. The smallest absolute Gasteiger partial charge is 0.335 e. The first kappa shape index (κ1) is 25.1. The van der Waals surface area contributed by atoms with Crippen molar-refractivity contribution in [3.8, 4) is 5.75 Å². The molecule has 0 aliphatic carbocycles. The molecule has 6 rings (SSSR count). The van der Waals surface area contributed by atoms with Gasteiger partial charge in [-0.2, -0.15) is 0 Å². The number of aliphatic hydroxyl groups is 3. The zero-order chi connectivity index (χ0) is 25.6. The molecule has 1 aromatic heterocycles. The standard InChI is InChI=1S/C26H32N2O8/c1-3-13-12-28-9-7-14(13)10-19(28)23(16-6-8-27-18-5-4-15(34-2)11-17(16)18)35-26-22(31)20(29)21(30)24(36-26)25(32)33/h3-6,8,11,13-14,19-24,26,29-31H,1,7,9-10,12H2,2H3,(H,32,33). The highest BCUT2D eigenvalue weighted by molar-refractivity contribution is 5.84. The number of hydrogen-bond acceptors (Lipinski definition) is 9. The van der Waals surface area contributed by atoms with Crippen molar-refractivity contribution in [2.24, 2.45) is 11.8 Å².